The van der Waals surface area contributed by atoms with Gasteiger partial charge in [-0.2, -0.15) is 0 Å². The number of aryl methyl sites for hydroxylation is 2. The van der Waals surface area contributed by atoms with E-state index in [-0.39, 0.29) is 11.4 Å². The third-order valence-electron chi connectivity index (χ3n) is 5.48. The van der Waals surface area contributed by atoms with E-state index in [9.17, 15) is 9.90 Å². The van der Waals surface area contributed by atoms with Crippen molar-refractivity contribution in [3.05, 3.63) is 75.1 Å². The molecule has 26 heavy (non-hydrogen) atoms. The molecule has 0 unspecified atom stereocenters. The average molecular weight is 350 g/mol. The monoisotopic (exact) mass is 350 g/mol. The summed E-state index contributed by atoms with van der Waals surface area (Å²) in [5.41, 5.74) is 4.63. The van der Waals surface area contributed by atoms with Crippen molar-refractivity contribution >= 4 is 11.0 Å². The smallest absolute Gasteiger partial charge is 0.336 e. The van der Waals surface area contributed by atoms with Crippen molar-refractivity contribution in [2.75, 3.05) is 0 Å². The van der Waals surface area contributed by atoms with E-state index in [2.05, 4.69) is 29.6 Å². The molecule has 0 saturated heterocycles. The van der Waals surface area contributed by atoms with E-state index in [1.54, 1.807) is 12.1 Å². The first kappa shape index (κ1) is 16.9. The van der Waals surface area contributed by atoms with Crippen molar-refractivity contribution in [2.45, 2.75) is 45.2 Å². The van der Waals surface area contributed by atoms with Crippen molar-refractivity contribution < 1.29 is 14.8 Å². The molecule has 4 rings (SSSR count). The zero-order valence-corrected chi connectivity index (χ0v) is 15.0. The van der Waals surface area contributed by atoms with Gasteiger partial charge in [0, 0.05) is 23.4 Å². The average Bonchev–Trinajstić information content (AvgIpc) is 2.66. The highest BCUT2D eigenvalue weighted by Gasteiger charge is 2.23. The summed E-state index contributed by atoms with van der Waals surface area (Å²) < 4.78 is 5.49. The summed E-state index contributed by atoms with van der Waals surface area (Å²) in [7, 11) is 0. The van der Waals surface area contributed by atoms with Crippen LogP contribution in [0.1, 0.15) is 48.1 Å². The molecule has 1 aromatic heterocycles. The topological polar surface area (TPSA) is 67.0 Å². The van der Waals surface area contributed by atoms with Gasteiger partial charge in [-0.05, 0) is 42.5 Å². The summed E-state index contributed by atoms with van der Waals surface area (Å²) >= 11 is 0. The molecule has 3 N–H and O–H groups in total. The van der Waals surface area contributed by atoms with Gasteiger partial charge >= 0.3 is 5.63 Å². The van der Waals surface area contributed by atoms with Gasteiger partial charge in [0.05, 0.1) is 5.56 Å². The van der Waals surface area contributed by atoms with Gasteiger partial charge in [-0.1, -0.05) is 31.2 Å². The number of nitrogens with two attached hydrogens (primary N) is 1. The van der Waals surface area contributed by atoms with Gasteiger partial charge in [0.25, 0.3) is 0 Å². The summed E-state index contributed by atoms with van der Waals surface area (Å²) in [6, 6.07) is 14.1. The van der Waals surface area contributed by atoms with Crippen molar-refractivity contribution in [3.63, 3.8) is 0 Å². The summed E-state index contributed by atoms with van der Waals surface area (Å²) in [5, 5.41) is 13.6. The maximum Gasteiger partial charge on any atom is 0.336 e. The number of rotatable bonds is 4. The van der Waals surface area contributed by atoms with E-state index in [0.29, 0.717) is 23.7 Å². The number of fused-ring (bicyclic) bond motifs is 2. The fourth-order valence-corrected chi connectivity index (χ4v) is 4.12. The standard InChI is InChI=1S/C22H23NO3/c1-2-14-12-21(25)26-22-17(14)10-11-20(24)18(22)13-23-19-9-5-7-15-6-3-4-8-16(15)19/h3-4,6,8,10-12,19,23-24H,2,5,7,9,13H2,1H3/p+1/t19-/m0/s1. The molecule has 0 spiro atoms. The third-order valence-corrected chi connectivity index (χ3v) is 5.48. The van der Waals surface area contributed by atoms with Crippen LogP contribution in [0.5, 0.6) is 5.75 Å². The van der Waals surface area contributed by atoms with Gasteiger partial charge in [0.1, 0.15) is 18.3 Å². The zero-order valence-electron chi connectivity index (χ0n) is 15.0. The molecule has 0 radical (unpaired) electrons. The van der Waals surface area contributed by atoms with E-state index < -0.39 is 0 Å². The van der Waals surface area contributed by atoms with E-state index >= 15 is 0 Å². The molecule has 134 valence electrons. The van der Waals surface area contributed by atoms with Crippen LogP contribution in [-0.2, 0) is 19.4 Å². The highest BCUT2D eigenvalue weighted by molar-refractivity contribution is 5.84. The Kier molecular flexibility index (Phi) is 4.51. The summed E-state index contributed by atoms with van der Waals surface area (Å²) in [6.45, 7) is 2.60. The highest BCUT2D eigenvalue weighted by Crippen LogP contribution is 2.30. The molecule has 4 nitrogen and oxygen atoms in total. The zero-order chi connectivity index (χ0) is 18.1. The lowest BCUT2D eigenvalue weighted by Crippen LogP contribution is -2.84. The van der Waals surface area contributed by atoms with Gasteiger partial charge in [-0.3, -0.25) is 0 Å². The minimum absolute atomic E-state index is 0.189. The second kappa shape index (κ2) is 6.96. The number of hydrogen-bond acceptors (Lipinski definition) is 3. The van der Waals surface area contributed by atoms with Crippen LogP contribution in [0.25, 0.3) is 11.0 Å². The minimum Gasteiger partial charge on any atom is -0.507 e. The van der Waals surface area contributed by atoms with E-state index in [1.165, 1.54) is 17.5 Å². The fraction of sp³-hybridized carbons (Fsp3) is 0.318. The Morgan fingerprint density at radius 3 is 2.92 bits per heavy atom. The molecular formula is C22H24NO3+. The molecule has 1 heterocycles. The molecule has 1 aliphatic rings. The number of phenolic OH excluding ortho intramolecular Hbond substituents is 1. The van der Waals surface area contributed by atoms with Gasteiger partial charge in [-0.15, -0.1) is 0 Å². The largest absolute Gasteiger partial charge is 0.507 e. The molecule has 0 amide bonds. The summed E-state index contributed by atoms with van der Waals surface area (Å²) in [4.78, 5) is 11.9. The molecule has 0 aliphatic heterocycles. The molecule has 0 fully saturated rings. The first-order valence-corrected chi connectivity index (χ1v) is 9.36. The Hall–Kier alpha value is -2.59. The van der Waals surface area contributed by atoms with Crippen LogP contribution in [0.2, 0.25) is 0 Å². The van der Waals surface area contributed by atoms with Crippen molar-refractivity contribution in [2.24, 2.45) is 0 Å². The molecular weight excluding hydrogens is 326 g/mol. The van der Waals surface area contributed by atoms with Gasteiger partial charge in [0.15, 0.2) is 5.58 Å². The molecule has 1 aliphatic carbocycles. The first-order valence-electron chi connectivity index (χ1n) is 9.36. The molecule has 4 heteroatoms. The van der Waals surface area contributed by atoms with Crippen LogP contribution in [0.4, 0.5) is 0 Å². The Morgan fingerprint density at radius 1 is 1.23 bits per heavy atom. The van der Waals surface area contributed by atoms with Crippen LogP contribution < -0.4 is 10.9 Å². The summed E-state index contributed by atoms with van der Waals surface area (Å²) in [6.07, 6.45) is 4.18. The van der Waals surface area contributed by atoms with Crippen LogP contribution in [0, 0.1) is 0 Å². The predicted octanol–water partition coefficient (Wildman–Crippen LogP) is 3.20. The molecule has 0 bridgehead atoms. The van der Waals surface area contributed by atoms with Crippen molar-refractivity contribution in [1.29, 1.82) is 0 Å². The number of benzene rings is 2. The van der Waals surface area contributed by atoms with Gasteiger partial charge < -0.3 is 14.8 Å². The Balaban J connectivity index is 1.69. The van der Waals surface area contributed by atoms with Crippen LogP contribution >= 0.6 is 0 Å². The van der Waals surface area contributed by atoms with Crippen molar-refractivity contribution in [3.8, 4) is 5.75 Å². The maximum absolute atomic E-state index is 11.9. The first-order chi connectivity index (χ1) is 12.7. The number of aromatic hydroxyl groups is 1. The molecule has 2 aromatic carbocycles. The SMILES string of the molecule is CCc1cc(=O)oc2c(C[NH2+][C@H]3CCCc4ccccc43)c(O)ccc12. The normalized spacial score (nSPS) is 16.6. The molecule has 0 saturated carbocycles. The Bertz CT molecular complexity index is 1010. The lowest BCUT2D eigenvalue weighted by Gasteiger charge is -2.24. The van der Waals surface area contributed by atoms with E-state index in [1.807, 2.05) is 13.0 Å². The number of phenols is 1. The molecule has 3 aromatic rings. The van der Waals surface area contributed by atoms with Crippen LogP contribution in [-0.4, -0.2) is 5.11 Å². The fourth-order valence-electron chi connectivity index (χ4n) is 4.12. The van der Waals surface area contributed by atoms with E-state index in [4.69, 9.17) is 4.42 Å². The maximum atomic E-state index is 11.9. The predicted molar refractivity (Wildman–Crippen MR) is 101 cm³/mol. The van der Waals surface area contributed by atoms with Crippen molar-refractivity contribution in [1.82, 2.24) is 0 Å². The quantitative estimate of drug-likeness (QED) is 0.710. The second-order valence-corrected chi connectivity index (χ2v) is 7.02. The minimum atomic E-state index is -0.357. The summed E-state index contributed by atoms with van der Waals surface area (Å²) in [5.74, 6) is 0.189. The Morgan fingerprint density at radius 2 is 2.08 bits per heavy atom. The molecule has 1 atom stereocenters. The lowest BCUT2D eigenvalue weighted by molar-refractivity contribution is -0.712. The van der Waals surface area contributed by atoms with Crippen LogP contribution in [0.3, 0.4) is 0 Å². The third kappa shape index (κ3) is 3.01. The van der Waals surface area contributed by atoms with Gasteiger partial charge in [0.2, 0.25) is 0 Å². The lowest BCUT2D eigenvalue weighted by atomic mass is 9.87. The highest BCUT2D eigenvalue weighted by atomic mass is 16.4. The number of quaternary nitrogens is 1. The van der Waals surface area contributed by atoms with E-state index in [0.717, 1.165) is 30.2 Å². The number of hydrogen-bond donors (Lipinski definition) is 2. The van der Waals surface area contributed by atoms with Crippen LogP contribution in [0.15, 0.2) is 51.7 Å². The Labute approximate surface area is 152 Å². The van der Waals surface area contributed by atoms with Gasteiger partial charge in [-0.25, -0.2) is 4.79 Å². The second-order valence-electron chi connectivity index (χ2n) is 7.02.